The fourth-order valence-electron chi connectivity index (χ4n) is 1.62. The van der Waals surface area contributed by atoms with Gasteiger partial charge in [0.15, 0.2) is 0 Å². The molecule has 0 amide bonds. The quantitative estimate of drug-likeness (QED) is 0.566. The lowest BCUT2D eigenvalue weighted by molar-refractivity contribution is 0.171. The third-order valence-corrected chi connectivity index (χ3v) is 4.51. The van der Waals surface area contributed by atoms with Crippen LogP contribution in [0.25, 0.3) is 0 Å². The van der Waals surface area contributed by atoms with E-state index in [9.17, 15) is 5.11 Å². The minimum absolute atomic E-state index is 0.134. The summed E-state index contributed by atoms with van der Waals surface area (Å²) < 4.78 is 0. The number of rotatable bonds is 8. The molecule has 1 rings (SSSR count). The van der Waals surface area contributed by atoms with Crippen LogP contribution in [-0.4, -0.2) is 30.1 Å². The van der Waals surface area contributed by atoms with Gasteiger partial charge in [0, 0.05) is 15.5 Å². The van der Waals surface area contributed by atoms with Gasteiger partial charge in [0.25, 0.3) is 0 Å². The Morgan fingerprint density at radius 3 is 2.50 bits per heavy atom. The van der Waals surface area contributed by atoms with Crippen molar-refractivity contribution in [3.8, 4) is 0 Å². The Kier molecular flexibility index (Phi) is 7.08. The van der Waals surface area contributed by atoms with Crippen LogP contribution in [0.15, 0.2) is 29.2 Å². The van der Waals surface area contributed by atoms with Crippen molar-refractivity contribution in [2.75, 3.05) is 19.4 Å². The van der Waals surface area contributed by atoms with Crippen molar-refractivity contribution >= 4 is 23.4 Å². The van der Waals surface area contributed by atoms with Gasteiger partial charge in [0.1, 0.15) is 0 Å². The molecule has 102 valence electrons. The van der Waals surface area contributed by atoms with Crippen molar-refractivity contribution in [3.05, 3.63) is 29.3 Å². The van der Waals surface area contributed by atoms with Crippen molar-refractivity contribution < 1.29 is 5.11 Å². The molecule has 0 aromatic heterocycles. The maximum atomic E-state index is 9.27. The van der Waals surface area contributed by atoms with Gasteiger partial charge in [-0.15, -0.1) is 11.8 Å². The standard InChI is InChI=1S/C14H22ClNOS/c1-14(11-17,16-2)9-3-4-10-18-13-7-5-12(15)6-8-13/h5-8,16-17H,3-4,9-11H2,1-2H3. The zero-order chi connectivity index (χ0) is 13.4. The Morgan fingerprint density at radius 1 is 1.28 bits per heavy atom. The Hall–Kier alpha value is -0.220. The SMILES string of the molecule is CNC(C)(CO)CCCCSc1ccc(Cl)cc1. The van der Waals surface area contributed by atoms with Crippen LogP contribution in [0, 0.1) is 0 Å². The Balaban J connectivity index is 2.17. The number of unbranched alkanes of at least 4 members (excludes halogenated alkanes) is 1. The minimum Gasteiger partial charge on any atom is -0.394 e. The number of likely N-dealkylation sites (N-methyl/N-ethyl adjacent to an activating group) is 1. The van der Waals surface area contributed by atoms with Gasteiger partial charge in [-0.05, 0) is 56.8 Å². The molecular formula is C14H22ClNOS. The van der Waals surface area contributed by atoms with Gasteiger partial charge in [-0.2, -0.15) is 0 Å². The lowest BCUT2D eigenvalue weighted by Gasteiger charge is -2.26. The van der Waals surface area contributed by atoms with Gasteiger partial charge in [-0.3, -0.25) is 0 Å². The van der Waals surface area contributed by atoms with Crippen LogP contribution >= 0.6 is 23.4 Å². The summed E-state index contributed by atoms with van der Waals surface area (Å²) in [5.74, 6) is 1.10. The number of aliphatic hydroxyl groups is 1. The van der Waals surface area contributed by atoms with E-state index in [1.165, 1.54) is 4.90 Å². The van der Waals surface area contributed by atoms with Crippen molar-refractivity contribution in [2.24, 2.45) is 0 Å². The molecule has 0 radical (unpaired) electrons. The number of hydrogen-bond donors (Lipinski definition) is 2. The molecule has 0 aliphatic carbocycles. The molecule has 1 aromatic carbocycles. The molecule has 0 heterocycles. The molecule has 1 aromatic rings. The molecule has 1 atom stereocenters. The molecule has 0 bridgehead atoms. The minimum atomic E-state index is -0.134. The third kappa shape index (κ3) is 5.61. The van der Waals surface area contributed by atoms with Gasteiger partial charge in [-0.1, -0.05) is 18.0 Å². The molecule has 0 spiro atoms. The van der Waals surface area contributed by atoms with Gasteiger partial charge in [0.05, 0.1) is 6.61 Å². The summed E-state index contributed by atoms with van der Waals surface area (Å²) in [6.07, 6.45) is 3.28. The van der Waals surface area contributed by atoms with E-state index in [0.717, 1.165) is 30.0 Å². The molecule has 18 heavy (non-hydrogen) atoms. The summed E-state index contributed by atoms with van der Waals surface area (Å²) in [4.78, 5) is 1.26. The van der Waals surface area contributed by atoms with E-state index in [-0.39, 0.29) is 12.1 Å². The fourth-order valence-corrected chi connectivity index (χ4v) is 2.66. The van der Waals surface area contributed by atoms with Crippen LogP contribution in [0.3, 0.4) is 0 Å². The summed E-state index contributed by atoms with van der Waals surface area (Å²) in [6, 6.07) is 7.96. The molecular weight excluding hydrogens is 266 g/mol. The van der Waals surface area contributed by atoms with Crippen LogP contribution in [0.2, 0.25) is 5.02 Å². The number of nitrogens with one attached hydrogen (secondary N) is 1. The molecule has 0 aliphatic rings. The van der Waals surface area contributed by atoms with Crippen LogP contribution in [-0.2, 0) is 0 Å². The van der Waals surface area contributed by atoms with Crippen molar-refractivity contribution in [2.45, 2.75) is 36.6 Å². The average Bonchev–Trinajstić information content (AvgIpc) is 2.40. The zero-order valence-corrected chi connectivity index (χ0v) is 12.7. The number of aliphatic hydroxyl groups excluding tert-OH is 1. The Morgan fingerprint density at radius 2 is 1.94 bits per heavy atom. The van der Waals surface area contributed by atoms with E-state index in [2.05, 4.69) is 24.4 Å². The normalized spacial score (nSPS) is 14.4. The lowest BCUT2D eigenvalue weighted by Crippen LogP contribution is -2.43. The molecule has 2 nitrogen and oxygen atoms in total. The van der Waals surface area contributed by atoms with Gasteiger partial charge in [-0.25, -0.2) is 0 Å². The molecule has 4 heteroatoms. The van der Waals surface area contributed by atoms with Crippen molar-refractivity contribution in [1.29, 1.82) is 0 Å². The highest BCUT2D eigenvalue weighted by Gasteiger charge is 2.19. The van der Waals surface area contributed by atoms with Crippen LogP contribution < -0.4 is 5.32 Å². The van der Waals surface area contributed by atoms with E-state index in [1.807, 2.05) is 30.9 Å². The summed E-state index contributed by atoms with van der Waals surface area (Å²) in [5, 5.41) is 13.2. The average molecular weight is 288 g/mol. The number of benzene rings is 1. The summed E-state index contributed by atoms with van der Waals surface area (Å²) in [7, 11) is 1.90. The first kappa shape index (κ1) is 15.8. The second-order valence-electron chi connectivity index (χ2n) is 4.73. The highest BCUT2D eigenvalue weighted by Crippen LogP contribution is 2.22. The van der Waals surface area contributed by atoms with E-state index >= 15 is 0 Å². The topological polar surface area (TPSA) is 32.3 Å². The van der Waals surface area contributed by atoms with Crippen molar-refractivity contribution in [1.82, 2.24) is 5.32 Å². The largest absolute Gasteiger partial charge is 0.394 e. The number of hydrogen-bond acceptors (Lipinski definition) is 3. The van der Waals surface area contributed by atoms with Crippen molar-refractivity contribution in [3.63, 3.8) is 0 Å². The molecule has 1 unspecified atom stereocenters. The summed E-state index contributed by atoms with van der Waals surface area (Å²) >= 11 is 7.69. The molecule has 0 saturated carbocycles. The van der Waals surface area contributed by atoms with E-state index < -0.39 is 0 Å². The maximum absolute atomic E-state index is 9.27. The monoisotopic (exact) mass is 287 g/mol. The zero-order valence-electron chi connectivity index (χ0n) is 11.1. The number of halogens is 1. The predicted octanol–water partition coefficient (Wildman–Crippen LogP) is 3.57. The van der Waals surface area contributed by atoms with Gasteiger partial charge < -0.3 is 10.4 Å². The molecule has 0 fully saturated rings. The van der Waals surface area contributed by atoms with Gasteiger partial charge in [0.2, 0.25) is 0 Å². The lowest BCUT2D eigenvalue weighted by atomic mass is 9.96. The Labute approximate surface area is 119 Å². The second-order valence-corrected chi connectivity index (χ2v) is 6.33. The van der Waals surface area contributed by atoms with Gasteiger partial charge >= 0.3 is 0 Å². The maximum Gasteiger partial charge on any atom is 0.0610 e. The number of thioether (sulfide) groups is 1. The molecule has 2 N–H and O–H groups in total. The third-order valence-electron chi connectivity index (χ3n) is 3.16. The van der Waals surface area contributed by atoms with Crippen LogP contribution in [0.1, 0.15) is 26.2 Å². The summed E-state index contributed by atoms with van der Waals surface area (Å²) in [5.41, 5.74) is -0.134. The first-order chi connectivity index (χ1) is 8.59. The van der Waals surface area contributed by atoms with E-state index in [0.29, 0.717) is 0 Å². The van der Waals surface area contributed by atoms with E-state index in [1.54, 1.807) is 0 Å². The summed E-state index contributed by atoms with van der Waals surface area (Å²) in [6.45, 7) is 2.24. The second kappa shape index (κ2) is 8.05. The highest BCUT2D eigenvalue weighted by atomic mass is 35.5. The Bertz CT molecular complexity index is 338. The predicted molar refractivity (Wildman–Crippen MR) is 80.6 cm³/mol. The fraction of sp³-hybridized carbons (Fsp3) is 0.571. The van der Waals surface area contributed by atoms with Crippen LogP contribution in [0.5, 0.6) is 0 Å². The highest BCUT2D eigenvalue weighted by molar-refractivity contribution is 7.99. The molecule has 0 aliphatic heterocycles. The van der Waals surface area contributed by atoms with Crippen LogP contribution in [0.4, 0.5) is 0 Å². The first-order valence-corrected chi connectivity index (χ1v) is 7.64. The smallest absolute Gasteiger partial charge is 0.0610 e. The molecule has 0 saturated heterocycles. The first-order valence-electron chi connectivity index (χ1n) is 6.28. The van der Waals surface area contributed by atoms with E-state index in [4.69, 9.17) is 11.6 Å².